The van der Waals surface area contributed by atoms with E-state index in [1.807, 2.05) is 6.92 Å². The predicted molar refractivity (Wildman–Crippen MR) is 42.0 cm³/mol. The second kappa shape index (κ2) is 4.73. The number of carbonyl (C=O) groups excluding carboxylic acids is 1. The van der Waals surface area contributed by atoms with E-state index in [4.69, 9.17) is 5.73 Å². The Labute approximate surface area is 60.6 Å². The summed E-state index contributed by atoms with van der Waals surface area (Å²) >= 11 is 0. The van der Waals surface area contributed by atoms with Crippen LogP contribution < -0.4 is 5.73 Å². The molecule has 0 radical (unpaired) electrons. The summed E-state index contributed by atoms with van der Waals surface area (Å²) in [6.07, 6.45) is 2.86. The number of aliphatic imine (C=N–C) groups is 1. The van der Waals surface area contributed by atoms with Crippen molar-refractivity contribution in [3.05, 3.63) is 11.8 Å². The topological polar surface area (TPSA) is 55.5 Å². The number of carbonyl (C=O) groups is 1. The average Bonchev–Trinajstić information content (AvgIpc) is 2.00. The number of nitrogens with two attached hydrogens (primary N) is 1. The largest absolute Gasteiger partial charge is 0.404 e. The number of rotatable bonds is 3. The molecule has 0 rings (SSSR count). The molecular weight excluding hydrogens is 128 g/mol. The van der Waals surface area contributed by atoms with Gasteiger partial charge in [-0.05, 0) is 18.2 Å². The Balaban J connectivity index is 4.42. The van der Waals surface area contributed by atoms with Gasteiger partial charge < -0.3 is 5.73 Å². The van der Waals surface area contributed by atoms with Crippen molar-refractivity contribution in [3.63, 3.8) is 0 Å². The SMILES string of the molecule is CCC(=CN)C(C=O)=NC. The van der Waals surface area contributed by atoms with E-state index in [9.17, 15) is 4.79 Å². The van der Waals surface area contributed by atoms with Gasteiger partial charge >= 0.3 is 0 Å². The summed E-state index contributed by atoms with van der Waals surface area (Å²) in [5.74, 6) is 0. The van der Waals surface area contributed by atoms with Gasteiger partial charge in [0, 0.05) is 7.05 Å². The number of aldehydes is 1. The van der Waals surface area contributed by atoms with Gasteiger partial charge in [0.15, 0.2) is 6.29 Å². The van der Waals surface area contributed by atoms with Crippen molar-refractivity contribution >= 4 is 12.0 Å². The van der Waals surface area contributed by atoms with E-state index >= 15 is 0 Å². The van der Waals surface area contributed by atoms with Gasteiger partial charge in [-0.15, -0.1) is 0 Å². The molecule has 2 N–H and O–H groups in total. The smallest absolute Gasteiger partial charge is 0.168 e. The molecule has 0 bridgehead atoms. The Hall–Kier alpha value is -1.12. The Morgan fingerprint density at radius 1 is 1.70 bits per heavy atom. The van der Waals surface area contributed by atoms with Crippen LogP contribution in [-0.4, -0.2) is 19.0 Å². The molecule has 0 aromatic heterocycles. The fraction of sp³-hybridized carbons (Fsp3) is 0.429. The van der Waals surface area contributed by atoms with Crippen molar-refractivity contribution in [1.29, 1.82) is 0 Å². The predicted octanol–water partition coefficient (Wildman–Crippen LogP) is 0.509. The maximum absolute atomic E-state index is 10.3. The van der Waals surface area contributed by atoms with Crippen LogP contribution in [0.25, 0.3) is 0 Å². The molecule has 0 aliphatic rings. The van der Waals surface area contributed by atoms with Crippen molar-refractivity contribution in [2.75, 3.05) is 7.05 Å². The maximum atomic E-state index is 10.3. The van der Waals surface area contributed by atoms with Crippen LogP contribution in [-0.2, 0) is 4.79 Å². The van der Waals surface area contributed by atoms with Gasteiger partial charge in [-0.25, -0.2) is 0 Å². The molecule has 0 spiro atoms. The first-order valence-electron chi connectivity index (χ1n) is 3.13. The van der Waals surface area contributed by atoms with Crippen LogP contribution in [0.3, 0.4) is 0 Å². The first-order chi connectivity index (χ1) is 4.79. The van der Waals surface area contributed by atoms with Crippen LogP contribution >= 0.6 is 0 Å². The number of hydrogen-bond acceptors (Lipinski definition) is 3. The molecule has 0 heterocycles. The van der Waals surface area contributed by atoms with E-state index in [2.05, 4.69) is 4.99 Å². The molecule has 0 aromatic carbocycles. The molecule has 0 aliphatic carbocycles. The number of hydrogen-bond donors (Lipinski definition) is 1. The molecule has 0 fully saturated rings. The molecule has 0 aromatic rings. The van der Waals surface area contributed by atoms with Gasteiger partial charge in [0.1, 0.15) is 5.71 Å². The van der Waals surface area contributed by atoms with Crippen LogP contribution in [0.5, 0.6) is 0 Å². The van der Waals surface area contributed by atoms with Gasteiger partial charge in [-0.3, -0.25) is 9.79 Å². The number of nitrogens with zero attached hydrogens (tertiary/aromatic N) is 1. The number of allylic oxidation sites excluding steroid dienone is 1. The molecular formula is C7H12N2O. The normalized spacial score (nSPS) is 13.4. The Kier molecular flexibility index (Phi) is 4.20. The molecule has 3 heteroatoms. The second-order valence-electron chi connectivity index (χ2n) is 1.77. The fourth-order valence-corrected chi connectivity index (χ4v) is 0.656. The van der Waals surface area contributed by atoms with Crippen molar-refractivity contribution in [3.8, 4) is 0 Å². The minimum absolute atomic E-state index is 0.435. The third kappa shape index (κ3) is 2.01. The van der Waals surface area contributed by atoms with Gasteiger partial charge in [-0.2, -0.15) is 0 Å². The summed E-state index contributed by atoms with van der Waals surface area (Å²) in [6.45, 7) is 1.92. The standard InChI is InChI=1S/C7H12N2O/c1-3-6(4-8)7(5-10)9-2/h4-5H,3,8H2,1-2H3. The molecule has 0 saturated heterocycles. The molecule has 56 valence electrons. The van der Waals surface area contributed by atoms with Crippen LogP contribution in [0, 0.1) is 0 Å². The first-order valence-corrected chi connectivity index (χ1v) is 3.13. The highest BCUT2D eigenvalue weighted by Crippen LogP contribution is 1.99. The van der Waals surface area contributed by atoms with Gasteiger partial charge in [0.25, 0.3) is 0 Å². The highest BCUT2D eigenvalue weighted by molar-refractivity contribution is 6.36. The molecule has 0 atom stereocenters. The third-order valence-corrected chi connectivity index (χ3v) is 1.26. The van der Waals surface area contributed by atoms with E-state index in [0.717, 1.165) is 12.0 Å². The van der Waals surface area contributed by atoms with Gasteiger partial charge in [0.05, 0.1) is 0 Å². The van der Waals surface area contributed by atoms with E-state index in [0.29, 0.717) is 12.0 Å². The van der Waals surface area contributed by atoms with Crippen LogP contribution in [0.2, 0.25) is 0 Å². The van der Waals surface area contributed by atoms with E-state index in [1.165, 1.54) is 6.20 Å². The summed E-state index contributed by atoms with van der Waals surface area (Å²) < 4.78 is 0. The zero-order chi connectivity index (χ0) is 7.98. The van der Waals surface area contributed by atoms with Crippen LogP contribution in [0.15, 0.2) is 16.8 Å². The second-order valence-corrected chi connectivity index (χ2v) is 1.77. The Morgan fingerprint density at radius 3 is 2.40 bits per heavy atom. The highest BCUT2D eigenvalue weighted by atomic mass is 16.1. The molecule has 0 aliphatic heterocycles. The quantitative estimate of drug-likeness (QED) is 0.458. The fourth-order valence-electron chi connectivity index (χ4n) is 0.656. The maximum Gasteiger partial charge on any atom is 0.168 e. The summed E-state index contributed by atoms with van der Waals surface area (Å²) in [5.41, 5.74) is 6.46. The van der Waals surface area contributed by atoms with Crippen molar-refractivity contribution in [2.45, 2.75) is 13.3 Å². The first kappa shape index (κ1) is 8.88. The lowest BCUT2D eigenvalue weighted by molar-refractivity contribution is -0.102. The van der Waals surface area contributed by atoms with Crippen molar-refractivity contribution < 1.29 is 4.79 Å². The molecule has 0 unspecified atom stereocenters. The van der Waals surface area contributed by atoms with Gasteiger partial charge in [0.2, 0.25) is 0 Å². The highest BCUT2D eigenvalue weighted by Gasteiger charge is 1.99. The van der Waals surface area contributed by atoms with Crippen LogP contribution in [0.1, 0.15) is 13.3 Å². The molecule has 10 heavy (non-hydrogen) atoms. The van der Waals surface area contributed by atoms with E-state index in [1.54, 1.807) is 7.05 Å². The van der Waals surface area contributed by atoms with Crippen LogP contribution in [0.4, 0.5) is 0 Å². The third-order valence-electron chi connectivity index (χ3n) is 1.26. The Morgan fingerprint density at radius 2 is 2.30 bits per heavy atom. The van der Waals surface area contributed by atoms with Gasteiger partial charge in [-0.1, -0.05) is 6.92 Å². The Bertz CT molecular complexity index is 170. The van der Waals surface area contributed by atoms with Crippen molar-refractivity contribution in [2.24, 2.45) is 10.7 Å². The lowest BCUT2D eigenvalue weighted by Crippen LogP contribution is -2.05. The summed E-state index contributed by atoms with van der Waals surface area (Å²) in [4.78, 5) is 14.0. The summed E-state index contributed by atoms with van der Waals surface area (Å²) in [7, 11) is 1.57. The molecule has 3 nitrogen and oxygen atoms in total. The minimum Gasteiger partial charge on any atom is -0.404 e. The molecule has 0 saturated carbocycles. The summed E-state index contributed by atoms with van der Waals surface area (Å²) in [6, 6.07) is 0. The lowest BCUT2D eigenvalue weighted by Gasteiger charge is -1.97. The van der Waals surface area contributed by atoms with Crippen molar-refractivity contribution in [1.82, 2.24) is 0 Å². The lowest BCUT2D eigenvalue weighted by atomic mass is 10.1. The monoisotopic (exact) mass is 140 g/mol. The minimum atomic E-state index is 0.435. The van der Waals surface area contributed by atoms with E-state index in [-0.39, 0.29) is 0 Å². The summed E-state index contributed by atoms with van der Waals surface area (Å²) in [5, 5.41) is 0. The zero-order valence-corrected chi connectivity index (χ0v) is 6.29. The van der Waals surface area contributed by atoms with E-state index < -0.39 is 0 Å². The zero-order valence-electron chi connectivity index (χ0n) is 6.29. The average molecular weight is 140 g/mol. The molecule has 0 amide bonds.